The van der Waals surface area contributed by atoms with Crippen molar-refractivity contribution >= 4 is 26.5 Å². The number of aromatic nitrogens is 1. The van der Waals surface area contributed by atoms with Crippen molar-refractivity contribution in [3.8, 4) is 0 Å². The van der Waals surface area contributed by atoms with Gasteiger partial charge in [0.05, 0.1) is 18.1 Å². The lowest BCUT2D eigenvalue weighted by molar-refractivity contribution is 0.320. The molecule has 0 saturated heterocycles. The van der Waals surface area contributed by atoms with E-state index in [1.165, 1.54) is 11.3 Å². The zero-order valence-electron chi connectivity index (χ0n) is 7.02. The summed E-state index contributed by atoms with van der Waals surface area (Å²) in [6.07, 6.45) is 0. The molecule has 0 bridgehead atoms. The highest BCUT2D eigenvalue weighted by molar-refractivity contribution is 7.92. The molecule has 5 nitrogen and oxygen atoms in total. The van der Waals surface area contributed by atoms with Crippen LogP contribution in [0.15, 0.2) is 5.38 Å². The van der Waals surface area contributed by atoms with Gasteiger partial charge in [-0.15, -0.1) is 11.3 Å². The first-order valence-corrected chi connectivity index (χ1v) is 6.10. The fourth-order valence-corrected chi connectivity index (χ4v) is 2.46. The number of hydrogen-bond donors (Lipinski definition) is 2. The monoisotopic (exact) mass is 222 g/mol. The van der Waals surface area contributed by atoms with E-state index in [-0.39, 0.29) is 12.4 Å². The van der Waals surface area contributed by atoms with Gasteiger partial charge in [0.1, 0.15) is 0 Å². The first-order chi connectivity index (χ1) is 6.03. The van der Waals surface area contributed by atoms with E-state index >= 15 is 0 Å². The van der Waals surface area contributed by atoms with Crippen molar-refractivity contribution in [2.75, 3.05) is 17.1 Å². The normalized spacial score (nSPS) is 11.5. The number of anilines is 1. The van der Waals surface area contributed by atoms with Crippen molar-refractivity contribution in [1.82, 2.24) is 4.98 Å². The van der Waals surface area contributed by atoms with E-state index in [0.29, 0.717) is 5.13 Å². The number of nitrogens with one attached hydrogen (secondary N) is 1. The Hall–Kier alpha value is -0.660. The summed E-state index contributed by atoms with van der Waals surface area (Å²) >= 11 is 1.22. The van der Waals surface area contributed by atoms with Crippen molar-refractivity contribution in [1.29, 1.82) is 0 Å². The fourth-order valence-electron chi connectivity index (χ4n) is 0.705. The van der Waals surface area contributed by atoms with Crippen molar-refractivity contribution in [3.63, 3.8) is 0 Å². The van der Waals surface area contributed by atoms with Crippen LogP contribution in [0.25, 0.3) is 0 Å². The zero-order chi connectivity index (χ0) is 9.90. The highest BCUT2D eigenvalue weighted by Crippen LogP contribution is 2.15. The number of nitrogens with zero attached hydrogens (tertiary/aromatic N) is 1. The minimum Gasteiger partial charge on any atom is -0.395 e. The van der Waals surface area contributed by atoms with E-state index in [4.69, 9.17) is 5.11 Å². The summed E-state index contributed by atoms with van der Waals surface area (Å²) in [7, 11) is -3.42. The van der Waals surface area contributed by atoms with Gasteiger partial charge in [0.15, 0.2) is 5.13 Å². The van der Waals surface area contributed by atoms with Gasteiger partial charge in [0.2, 0.25) is 10.0 Å². The number of aliphatic hydroxyl groups excluding tert-OH is 1. The lowest BCUT2D eigenvalue weighted by atomic mass is 10.6. The third-order valence-electron chi connectivity index (χ3n) is 1.22. The first-order valence-electron chi connectivity index (χ1n) is 3.57. The van der Waals surface area contributed by atoms with Crippen LogP contribution in [0, 0.1) is 6.92 Å². The minimum atomic E-state index is -3.42. The summed E-state index contributed by atoms with van der Waals surface area (Å²) in [4.78, 5) is 3.92. The van der Waals surface area contributed by atoms with Gasteiger partial charge >= 0.3 is 0 Å². The molecular weight excluding hydrogens is 212 g/mol. The Morgan fingerprint density at radius 2 is 2.38 bits per heavy atom. The maximum atomic E-state index is 11.1. The van der Waals surface area contributed by atoms with E-state index in [2.05, 4.69) is 9.71 Å². The molecule has 0 radical (unpaired) electrons. The highest BCUT2D eigenvalue weighted by atomic mass is 32.2. The molecule has 0 aliphatic carbocycles. The Morgan fingerprint density at radius 1 is 1.69 bits per heavy atom. The SMILES string of the molecule is Cc1csc(NS(=O)(=O)CCO)n1. The Balaban J connectivity index is 2.69. The average Bonchev–Trinajstić information content (AvgIpc) is 2.34. The van der Waals surface area contributed by atoms with Crippen LogP contribution < -0.4 is 4.72 Å². The van der Waals surface area contributed by atoms with Gasteiger partial charge < -0.3 is 5.11 Å². The molecule has 2 N–H and O–H groups in total. The maximum Gasteiger partial charge on any atom is 0.236 e. The van der Waals surface area contributed by atoms with Crippen LogP contribution in [0.5, 0.6) is 0 Å². The molecule has 1 aromatic heterocycles. The number of hydrogen-bond acceptors (Lipinski definition) is 5. The second-order valence-electron chi connectivity index (χ2n) is 2.44. The molecule has 0 spiro atoms. The van der Waals surface area contributed by atoms with Gasteiger partial charge in [-0.1, -0.05) is 0 Å². The summed E-state index contributed by atoms with van der Waals surface area (Å²) in [6, 6.07) is 0. The second-order valence-corrected chi connectivity index (χ2v) is 5.14. The van der Waals surface area contributed by atoms with E-state index in [1.807, 2.05) is 0 Å². The van der Waals surface area contributed by atoms with Crippen molar-refractivity contribution < 1.29 is 13.5 Å². The van der Waals surface area contributed by atoms with Gasteiger partial charge in [-0.05, 0) is 6.92 Å². The molecule has 74 valence electrons. The Labute approximate surface area is 80.5 Å². The number of aryl methyl sites for hydroxylation is 1. The molecule has 0 aromatic carbocycles. The van der Waals surface area contributed by atoms with Crippen molar-refractivity contribution in [2.45, 2.75) is 6.92 Å². The molecule has 13 heavy (non-hydrogen) atoms. The Morgan fingerprint density at radius 3 is 2.85 bits per heavy atom. The summed E-state index contributed by atoms with van der Waals surface area (Å²) in [6.45, 7) is 1.39. The maximum absolute atomic E-state index is 11.1. The summed E-state index contributed by atoms with van der Waals surface area (Å²) in [5.41, 5.74) is 0.770. The molecule has 0 aliphatic heterocycles. The highest BCUT2D eigenvalue weighted by Gasteiger charge is 2.10. The molecule has 0 unspecified atom stereocenters. The third-order valence-corrected chi connectivity index (χ3v) is 3.45. The quantitative estimate of drug-likeness (QED) is 0.762. The molecule has 0 atom stereocenters. The molecule has 7 heteroatoms. The van der Waals surface area contributed by atoms with Crippen LogP contribution in [0.3, 0.4) is 0 Å². The van der Waals surface area contributed by atoms with E-state index in [1.54, 1.807) is 12.3 Å². The number of aliphatic hydroxyl groups is 1. The van der Waals surface area contributed by atoms with Crippen LogP contribution in [0.1, 0.15) is 5.69 Å². The molecule has 0 amide bonds. The van der Waals surface area contributed by atoms with Crippen molar-refractivity contribution in [2.24, 2.45) is 0 Å². The lowest BCUT2D eigenvalue weighted by Crippen LogP contribution is -2.18. The number of thiazole rings is 1. The predicted octanol–water partition coefficient (Wildman–Crippen LogP) is 0.186. The van der Waals surface area contributed by atoms with Crippen LogP contribution in [0.4, 0.5) is 5.13 Å². The molecule has 0 fully saturated rings. The van der Waals surface area contributed by atoms with Gasteiger partial charge in [-0.2, -0.15) is 0 Å². The predicted molar refractivity (Wildman–Crippen MR) is 51.3 cm³/mol. The van der Waals surface area contributed by atoms with Crippen LogP contribution in [0.2, 0.25) is 0 Å². The third kappa shape index (κ3) is 3.29. The number of rotatable bonds is 4. The van der Waals surface area contributed by atoms with Gasteiger partial charge in [-0.3, -0.25) is 4.72 Å². The fraction of sp³-hybridized carbons (Fsp3) is 0.500. The summed E-state index contributed by atoms with van der Waals surface area (Å²) in [5, 5.41) is 10.5. The Kier molecular flexibility index (Phi) is 3.23. The molecule has 0 saturated carbocycles. The minimum absolute atomic E-state index is 0.300. The molecule has 1 rings (SSSR count). The number of sulfonamides is 1. The molecule has 0 aliphatic rings. The second kappa shape index (κ2) is 4.03. The van der Waals surface area contributed by atoms with Crippen LogP contribution >= 0.6 is 11.3 Å². The van der Waals surface area contributed by atoms with Crippen molar-refractivity contribution in [3.05, 3.63) is 11.1 Å². The van der Waals surface area contributed by atoms with E-state index in [9.17, 15) is 8.42 Å². The van der Waals surface area contributed by atoms with Crippen LogP contribution in [-0.4, -0.2) is 30.9 Å². The topological polar surface area (TPSA) is 79.3 Å². The largest absolute Gasteiger partial charge is 0.395 e. The summed E-state index contributed by atoms with van der Waals surface area (Å²) < 4.78 is 24.5. The van der Waals surface area contributed by atoms with E-state index in [0.717, 1.165) is 5.69 Å². The smallest absolute Gasteiger partial charge is 0.236 e. The molecule has 1 heterocycles. The molecular formula is C6H10N2O3S2. The van der Waals surface area contributed by atoms with Gasteiger partial charge in [0, 0.05) is 5.38 Å². The lowest BCUT2D eigenvalue weighted by Gasteiger charge is -2.01. The zero-order valence-corrected chi connectivity index (χ0v) is 8.65. The average molecular weight is 222 g/mol. The van der Waals surface area contributed by atoms with Crippen LogP contribution in [-0.2, 0) is 10.0 Å². The Bertz CT molecular complexity index is 371. The van der Waals surface area contributed by atoms with E-state index < -0.39 is 10.0 Å². The first kappa shape index (κ1) is 10.4. The standard InChI is InChI=1S/C6H10N2O3S2/c1-5-4-12-6(7-5)8-13(10,11)3-2-9/h4,9H,2-3H2,1H3,(H,7,8). The van der Waals surface area contributed by atoms with Gasteiger partial charge in [-0.25, -0.2) is 13.4 Å². The molecule has 1 aromatic rings. The van der Waals surface area contributed by atoms with Gasteiger partial charge in [0.25, 0.3) is 0 Å². The summed E-state index contributed by atoms with van der Waals surface area (Å²) in [5.74, 6) is -0.300.